The molecule has 1 aromatic heterocycles. The number of amides is 1. The SMILES string of the molecule is CC(C)NC(=O)c1cc2ccc(OC(=O)COc3ccc([N+](=O)[O-])cc3)cc2oc1=O. The smallest absolute Gasteiger partial charge is 0.349 e. The largest absolute Gasteiger partial charge is 0.482 e. The molecule has 1 N–H and O–H groups in total. The number of nitrogens with zero attached hydrogens (tertiary/aromatic N) is 1. The Hall–Kier alpha value is -4.21. The van der Waals surface area contributed by atoms with E-state index in [1.54, 1.807) is 19.9 Å². The molecule has 0 saturated heterocycles. The number of esters is 1. The van der Waals surface area contributed by atoms with Crippen molar-refractivity contribution in [3.05, 3.63) is 74.6 Å². The quantitative estimate of drug-likeness (QED) is 0.200. The number of carbonyl (C=O) groups is 2. The third kappa shape index (κ3) is 5.44. The Labute approximate surface area is 175 Å². The Bertz CT molecular complexity index is 1200. The standard InChI is InChI=1S/C21H18N2O8/c1-12(2)22-20(25)17-9-13-3-6-16(10-18(13)31-21(17)26)30-19(24)11-29-15-7-4-14(5-8-15)23(27)28/h3-10,12H,11H2,1-2H3,(H,22,25). The molecule has 0 aliphatic rings. The molecule has 0 aliphatic heterocycles. The molecule has 0 spiro atoms. The summed E-state index contributed by atoms with van der Waals surface area (Å²) < 4.78 is 15.6. The maximum Gasteiger partial charge on any atom is 0.349 e. The molecule has 0 fully saturated rings. The predicted octanol–water partition coefficient (Wildman–Crippen LogP) is 2.82. The second-order valence-electron chi connectivity index (χ2n) is 6.79. The van der Waals surface area contributed by atoms with E-state index in [9.17, 15) is 24.5 Å². The summed E-state index contributed by atoms with van der Waals surface area (Å²) in [6.45, 7) is 3.10. The lowest BCUT2D eigenvalue weighted by molar-refractivity contribution is -0.384. The van der Waals surface area contributed by atoms with Gasteiger partial charge in [0, 0.05) is 29.6 Å². The van der Waals surface area contributed by atoms with Crippen LogP contribution in [0.15, 0.2) is 57.7 Å². The van der Waals surface area contributed by atoms with Crippen LogP contribution < -0.4 is 20.4 Å². The summed E-state index contributed by atoms with van der Waals surface area (Å²) in [7, 11) is 0. The van der Waals surface area contributed by atoms with Gasteiger partial charge in [0.1, 0.15) is 22.6 Å². The number of nitro benzene ring substituents is 1. The van der Waals surface area contributed by atoms with Gasteiger partial charge in [-0.25, -0.2) is 9.59 Å². The Kier molecular flexibility index (Phi) is 6.29. The number of ether oxygens (including phenoxy) is 2. The molecule has 1 amide bonds. The number of hydrogen-bond donors (Lipinski definition) is 1. The van der Waals surface area contributed by atoms with E-state index in [2.05, 4.69) is 5.32 Å². The first-order chi connectivity index (χ1) is 14.7. The molecule has 0 unspecified atom stereocenters. The second-order valence-corrected chi connectivity index (χ2v) is 6.79. The van der Waals surface area contributed by atoms with E-state index in [4.69, 9.17) is 13.9 Å². The van der Waals surface area contributed by atoms with Crippen LogP contribution in [0.5, 0.6) is 11.5 Å². The molecular weight excluding hydrogens is 408 g/mol. The van der Waals surface area contributed by atoms with Gasteiger partial charge in [0.05, 0.1) is 4.92 Å². The van der Waals surface area contributed by atoms with E-state index < -0.39 is 29.0 Å². The van der Waals surface area contributed by atoms with E-state index in [-0.39, 0.29) is 34.4 Å². The molecule has 0 atom stereocenters. The van der Waals surface area contributed by atoms with Gasteiger partial charge in [-0.3, -0.25) is 14.9 Å². The van der Waals surface area contributed by atoms with E-state index in [1.165, 1.54) is 42.5 Å². The van der Waals surface area contributed by atoms with Crippen molar-refractivity contribution >= 4 is 28.5 Å². The van der Waals surface area contributed by atoms with Crippen LogP contribution in [-0.2, 0) is 4.79 Å². The van der Waals surface area contributed by atoms with Crippen LogP contribution in [0.25, 0.3) is 11.0 Å². The number of hydrogen-bond acceptors (Lipinski definition) is 8. The fourth-order valence-electron chi connectivity index (χ4n) is 2.62. The molecule has 0 bridgehead atoms. The molecule has 31 heavy (non-hydrogen) atoms. The predicted molar refractivity (Wildman–Crippen MR) is 109 cm³/mol. The minimum Gasteiger partial charge on any atom is -0.482 e. The monoisotopic (exact) mass is 426 g/mol. The Morgan fingerprint density at radius 2 is 1.77 bits per heavy atom. The van der Waals surface area contributed by atoms with Gasteiger partial charge < -0.3 is 19.2 Å². The molecule has 0 aliphatic carbocycles. The van der Waals surface area contributed by atoms with Gasteiger partial charge in [0.2, 0.25) is 0 Å². The Morgan fingerprint density at radius 3 is 2.42 bits per heavy atom. The summed E-state index contributed by atoms with van der Waals surface area (Å²) in [6, 6.07) is 10.9. The molecule has 2 aromatic carbocycles. The zero-order valence-electron chi connectivity index (χ0n) is 16.6. The average molecular weight is 426 g/mol. The number of carbonyl (C=O) groups excluding carboxylic acids is 2. The van der Waals surface area contributed by atoms with Crippen molar-refractivity contribution < 1.29 is 28.4 Å². The van der Waals surface area contributed by atoms with Gasteiger partial charge in [0.25, 0.3) is 11.6 Å². The third-order valence-electron chi connectivity index (χ3n) is 4.01. The molecule has 3 rings (SSSR count). The van der Waals surface area contributed by atoms with E-state index >= 15 is 0 Å². The molecule has 1 heterocycles. The fourth-order valence-corrected chi connectivity index (χ4v) is 2.62. The van der Waals surface area contributed by atoms with Crippen molar-refractivity contribution in [1.29, 1.82) is 0 Å². The summed E-state index contributed by atoms with van der Waals surface area (Å²) in [6.07, 6.45) is 0. The van der Waals surface area contributed by atoms with Gasteiger partial charge in [0.15, 0.2) is 6.61 Å². The van der Waals surface area contributed by atoms with Crippen LogP contribution in [0.1, 0.15) is 24.2 Å². The molecule has 160 valence electrons. The number of non-ortho nitro benzene ring substituents is 1. The van der Waals surface area contributed by atoms with Crippen molar-refractivity contribution in [1.82, 2.24) is 5.32 Å². The first-order valence-electron chi connectivity index (χ1n) is 9.19. The maximum atomic E-state index is 12.1. The third-order valence-corrected chi connectivity index (χ3v) is 4.01. The molecule has 0 radical (unpaired) electrons. The van der Waals surface area contributed by atoms with E-state index in [0.717, 1.165) is 0 Å². The van der Waals surface area contributed by atoms with Crippen molar-refractivity contribution in [2.45, 2.75) is 19.9 Å². The van der Waals surface area contributed by atoms with Gasteiger partial charge >= 0.3 is 11.6 Å². The highest BCUT2D eigenvalue weighted by atomic mass is 16.6. The van der Waals surface area contributed by atoms with Crippen molar-refractivity contribution in [2.75, 3.05) is 6.61 Å². The second kappa shape index (κ2) is 9.08. The molecular formula is C21H18N2O8. The highest BCUT2D eigenvalue weighted by Gasteiger charge is 2.15. The number of benzene rings is 2. The van der Waals surface area contributed by atoms with Crippen LogP contribution in [-0.4, -0.2) is 29.4 Å². The number of nitro groups is 1. The number of rotatable bonds is 7. The Balaban J connectivity index is 1.67. The van der Waals surface area contributed by atoms with Gasteiger partial charge in [-0.05, 0) is 44.2 Å². The van der Waals surface area contributed by atoms with Crippen molar-refractivity contribution in [3.8, 4) is 11.5 Å². The lowest BCUT2D eigenvalue weighted by Crippen LogP contribution is -2.33. The van der Waals surface area contributed by atoms with Crippen molar-refractivity contribution in [2.24, 2.45) is 0 Å². The minimum absolute atomic E-state index is 0.0996. The summed E-state index contributed by atoms with van der Waals surface area (Å²) in [5.74, 6) is -0.885. The highest BCUT2D eigenvalue weighted by Crippen LogP contribution is 2.21. The van der Waals surface area contributed by atoms with Crippen LogP contribution in [0.4, 0.5) is 5.69 Å². The molecule has 3 aromatic rings. The number of nitrogens with one attached hydrogen (secondary N) is 1. The van der Waals surface area contributed by atoms with Crippen LogP contribution in [0.3, 0.4) is 0 Å². The lowest BCUT2D eigenvalue weighted by Gasteiger charge is -2.09. The number of fused-ring (bicyclic) bond motifs is 1. The summed E-state index contributed by atoms with van der Waals surface area (Å²) in [5, 5.41) is 13.7. The van der Waals surface area contributed by atoms with Crippen LogP contribution in [0, 0.1) is 10.1 Å². The van der Waals surface area contributed by atoms with Gasteiger partial charge in [-0.15, -0.1) is 0 Å². The zero-order chi connectivity index (χ0) is 22.5. The first kappa shape index (κ1) is 21.5. The maximum absolute atomic E-state index is 12.1. The molecule has 0 saturated carbocycles. The van der Waals surface area contributed by atoms with Crippen LogP contribution in [0.2, 0.25) is 0 Å². The van der Waals surface area contributed by atoms with Crippen molar-refractivity contribution in [3.63, 3.8) is 0 Å². The zero-order valence-corrected chi connectivity index (χ0v) is 16.6. The minimum atomic E-state index is -0.810. The summed E-state index contributed by atoms with van der Waals surface area (Å²) in [5.41, 5.74) is -0.886. The molecule has 10 heteroatoms. The van der Waals surface area contributed by atoms with Crippen LogP contribution >= 0.6 is 0 Å². The first-order valence-corrected chi connectivity index (χ1v) is 9.19. The lowest BCUT2D eigenvalue weighted by atomic mass is 10.1. The normalized spacial score (nSPS) is 10.7. The topological polar surface area (TPSA) is 138 Å². The highest BCUT2D eigenvalue weighted by molar-refractivity contribution is 5.96. The average Bonchev–Trinajstić information content (AvgIpc) is 2.71. The molecule has 10 nitrogen and oxygen atoms in total. The summed E-state index contributed by atoms with van der Waals surface area (Å²) in [4.78, 5) is 46.3. The van der Waals surface area contributed by atoms with Gasteiger partial charge in [-0.1, -0.05) is 0 Å². The van der Waals surface area contributed by atoms with E-state index in [0.29, 0.717) is 5.39 Å². The van der Waals surface area contributed by atoms with E-state index in [1.807, 2.05) is 0 Å². The Morgan fingerprint density at radius 1 is 1.10 bits per heavy atom. The fraction of sp³-hybridized carbons (Fsp3) is 0.190. The summed E-state index contributed by atoms with van der Waals surface area (Å²) >= 11 is 0. The van der Waals surface area contributed by atoms with Gasteiger partial charge in [-0.2, -0.15) is 0 Å².